The molecular formula is C17H28N2O2. The van der Waals surface area contributed by atoms with Gasteiger partial charge in [0.1, 0.15) is 0 Å². The Morgan fingerprint density at radius 3 is 2.43 bits per heavy atom. The Labute approximate surface area is 128 Å². The molecule has 0 aliphatic carbocycles. The number of benzene rings is 1. The zero-order chi connectivity index (χ0) is 15.2. The third kappa shape index (κ3) is 5.40. The monoisotopic (exact) mass is 292 g/mol. The Kier molecular flexibility index (Phi) is 6.18. The van der Waals surface area contributed by atoms with Gasteiger partial charge in [-0.25, -0.2) is 0 Å². The molecule has 1 aliphatic rings. The standard InChI is InChI=1S/C17H28N2O2/c1-14-10-15(2)12-16(11-14)17(20)13-18(3)4-5-19-6-8-21-9-7-19/h10-12,17,20H,4-9,13H2,1-3H3. The molecule has 118 valence electrons. The molecule has 1 N–H and O–H groups in total. The molecule has 4 nitrogen and oxygen atoms in total. The molecule has 4 heteroatoms. The maximum Gasteiger partial charge on any atom is 0.0916 e. The number of morpholine rings is 1. The average Bonchev–Trinajstić information content (AvgIpc) is 2.45. The quantitative estimate of drug-likeness (QED) is 0.864. The summed E-state index contributed by atoms with van der Waals surface area (Å²) in [6, 6.07) is 6.29. The van der Waals surface area contributed by atoms with Gasteiger partial charge < -0.3 is 14.7 Å². The van der Waals surface area contributed by atoms with Crippen LogP contribution in [-0.2, 0) is 4.74 Å². The molecule has 0 saturated carbocycles. The van der Waals surface area contributed by atoms with E-state index in [0.29, 0.717) is 6.54 Å². The third-order valence-corrected chi connectivity index (χ3v) is 4.02. The zero-order valence-electron chi connectivity index (χ0n) is 13.5. The topological polar surface area (TPSA) is 35.9 Å². The van der Waals surface area contributed by atoms with Gasteiger partial charge >= 0.3 is 0 Å². The van der Waals surface area contributed by atoms with Crippen molar-refractivity contribution < 1.29 is 9.84 Å². The summed E-state index contributed by atoms with van der Waals surface area (Å²) >= 11 is 0. The first-order chi connectivity index (χ1) is 10.0. The van der Waals surface area contributed by atoms with E-state index >= 15 is 0 Å². The number of ether oxygens (including phenoxy) is 1. The fraction of sp³-hybridized carbons (Fsp3) is 0.647. The molecule has 1 aromatic carbocycles. The third-order valence-electron chi connectivity index (χ3n) is 4.02. The first-order valence-electron chi connectivity index (χ1n) is 7.79. The predicted octanol–water partition coefficient (Wildman–Crippen LogP) is 1.60. The van der Waals surface area contributed by atoms with Crippen LogP contribution in [0.1, 0.15) is 22.8 Å². The summed E-state index contributed by atoms with van der Waals surface area (Å²) in [5.74, 6) is 0. The molecule has 21 heavy (non-hydrogen) atoms. The highest BCUT2D eigenvalue weighted by Gasteiger charge is 2.14. The van der Waals surface area contributed by atoms with Crippen molar-refractivity contribution in [3.63, 3.8) is 0 Å². The SMILES string of the molecule is Cc1cc(C)cc(C(O)CN(C)CCN2CCOCC2)c1. The Morgan fingerprint density at radius 2 is 1.81 bits per heavy atom. The zero-order valence-corrected chi connectivity index (χ0v) is 13.5. The Balaban J connectivity index is 1.79. The lowest BCUT2D eigenvalue weighted by atomic mass is 10.0. The van der Waals surface area contributed by atoms with Gasteiger partial charge in [-0.05, 0) is 26.5 Å². The minimum absolute atomic E-state index is 0.418. The number of rotatable bonds is 6. The summed E-state index contributed by atoms with van der Waals surface area (Å²) < 4.78 is 5.36. The van der Waals surface area contributed by atoms with Crippen LogP contribution in [0.5, 0.6) is 0 Å². The summed E-state index contributed by atoms with van der Waals surface area (Å²) in [7, 11) is 2.08. The summed E-state index contributed by atoms with van der Waals surface area (Å²) in [6.45, 7) is 10.6. The molecule has 1 unspecified atom stereocenters. The van der Waals surface area contributed by atoms with Crippen LogP contribution >= 0.6 is 0 Å². The smallest absolute Gasteiger partial charge is 0.0916 e. The molecule has 1 heterocycles. The lowest BCUT2D eigenvalue weighted by Gasteiger charge is -2.29. The highest BCUT2D eigenvalue weighted by Crippen LogP contribution is 2.17. The molecule has 1 saturated heterocycles. The van der Waals surface area contributed by atoms with Crippen molar-refractivity contribution in [2.45, 2.75) is 20.0 Å². The number of hydrogen-bond acceptors (Lipinski definition) is 4. The van der Waals surface area contributed by atoms with Gasteiger partial charge in [-0.2, -0.15) is 0 Å². The van der Waals surface area contributed by atoms with Crippen LogP contribution in [0.25, 0.3) is 0 Å². The average molecular weight is 292 g/mol. The van der Waals surface area contributed by atoms with E-state index < -0.39 is 6.10 Å². The van der Waals surface area contributed by atoms with Crippen LogP contribution in [0.4, 0.5) is 0 Å². The Bertz CT molecular complexity index is 424. The van der Waals surface area contributed by atoms with Gasteiger partial charge in [0.25, 0.3) is 0 Å². The number of nitrogens with zero attached hydrogens (tertiary/aromatic N) is 2. The Morgan fingerprint density at radius 1 is 1.19 bits per heavy atom. The highest BCUT2D eigenvalue weighted by molar-refractivity contribution is 5.30. The summed E-state index contributed by atoms with van der Waals surface area (Å²) in [6.07, 6.45) is -0.418. The lowest BCUT2D eigenvalue weighted by molar-refractivity contribution is 0.0319. The number of hydrogen-bond donors (Lipinski definition) is 1. The van der Waals surface area contributed by atoms with E-state index in [4.69, 9.17) is 4.74 Å². The summed E-state index contributed by atoms with van der Waals surface area (Å²) in [5, 5.41) is 10.4. The van der Waals surface area contributed by atoms with Crippen molar-refractivity contribution in [2.24, 2.45) is 0 Å². The molecule has 0 radical (unpaired) electrons. The molecule has 1 fully saturated rings. The summed E-state index contributed by atoms with van der Waals surface area (Å²) in [5.41, 5.74) is 3.44. The van der Waals surface area contributed by atoms with Gasteiger partial charge in [0.2, 0.25) is 0 Å². The second-order valence-electron chi connectivity index (χ2n) is 6.15. The molecule has 0 spiro atoms. The van der Waals surface area contributed by atoms with E-state index in [1.807, 2.05) is 0 Å². The second-order valence-corrected chi connectivity index (χ2v) is 6.15. The minimum Gasteiger partial charge on any atom is -0.387 e. The maximum atomic E-state index is 10.4. The number of likely N-dealkylation sites (N-methyl/N-ethyl adjacent to an activating group) is 1. The summed E-state index contributed by atoms with van der Waals surface area (Å²) in [4.78, 5) is 4.63. The molecule has 1 aromatic rings. The first-order valence-corrected chi connectivity index (χ1v) is 7.79. The van der Waals surface area contributed by atoms with Gasteiger partial charge in [-0.1, -0.05) is 29.3 Å². The van der Waals surface area contributed by atoms with E-state index in [1.165, 1.54) is 11.1 Å². The molecule has 0 bridgehead atoms. The predicted molar refractivity (Wildman–Crippen MR) is 85.6 cm³/mol. The fourth-order valence-electron chi connectivity index (χ4n) is 2.83. The fourth-order valence-corrected chi connectivity index (χ4v) is 2.83. The first kappa shape index (κ1) is 16.4. The van der Waals surface area contributed by atoms with Crippen molar-refractivity contribution in [3.05, 3.63) is 34.9 Å². The molecular weight excluding hydrogens is 264 g/mol. The van der Waals surface area contributed by atoms with Gasteiger partial charge in [0.05, 0.1) is 19.3 Å². The van der Waals surface area contributed by atoms with E-state index in [-0.39, 0.29) is 0 Å². The van der Waals surface area contributed by atoms with Gasteiger partial charge in [0, 0.05) is 32.7 Å². The van der Waals surface area contributed by atoms with Gasteiger partial charge in [0.15, 0.2) is 0 Å². The van der Waals surface area contributed by atoms with E-state index in [2.05, 4.69) is 48.9 Å². The highest BCUT2D eigenvalue weighted by atomic mass is 16.5. The van der Waals surface area contributed by atoms with Crippen LogP contribution in [0.3, 0.4) is 0 Å². The van der Waals surface area contributed by atoms with E-state index in [1.54, 1.807) is 0 Å². The van der Waals surface area contributed by atoms with Crippen LogP contribution in [0.15, 0.2) is 18.2 Å². The van der Waals surface area contributed by atoms with E-state index in [9.17, 15) is 5.11 Å². The van der Waals surface area contributed by atoms with Crippen LogP contribution < -0.4 is 0 Å². The maximum absolute atomic E-state index is 10.4. The largest absolute Gasteiger partial charge is 0.387 e. The van der Waals surface area contributed by atoms with Crippen molar-refractivity contribution in [3.8, 4) is 0 Å². The number of aliphatic hydroxyl groups excluding tert-OH is 1. The number of aryl methyl sites for hydroxylation is 2. The minimum atomic E-state index is -0.418. The molecule has 1 aliphatic heterocycles. The van der Waals surface area contributed by atoms with E-state index in [0.717, 1.165) is 45.0 Å². The van der Waals surface area contributed by atoms with Crippen LogP contribution in [0, 0.1) is 13.8 Å². The normalized spacial score (nSPS) is 18.1. The van der Waals surface area contributed by atoms with Crippen LogP contribution in [-0.4, -0.2) is 67.9 Å². The Hall–Kier alpha value is -0.940. The second kappa shape index (κ2) is 7.90. The van der Waals surface area contributed by atoms with Crippen molar-refractivity contribution in [2.75, 3.05) is 53.0 Å². The molecule has 2 rings (SSSR count). The van der Waals surface area contributed by atoms with Crippen LogP contribution in [0.2, 0.25) is 0 Å². The van der Waals surface area contributed by atoms with Crippen molar-refractivity contribution >= 4 is 0 Å². The van der Waals surface area contributed by atoms with Crippen molar-refractivity contribution in [1.29, 1.82) is 0 Å². The molecule has 1 atom stereocenters. The van der Waals surface area contributed by atoms with Gasteiger partial charge in [-0.3, -0.25) is 4.90 Å². The molecule has 0 aromatic heterocycles. The lowest BCUT2D eigenvalue weighted by Crippen LogP contribution is -2.41. The van der Waals surface area contributed by atoms with Gasteiger partial charge in [-0.15, -0.1) is 0 Å². The van der Waals surface area contributed by atoms with Crippen molar-refractivity contribution in [1.82, 2.24) is 9.80 Å². The number of aliphatic hydroxyl groups is 1. The molecule has 0 amide bonds.